The van der Waals surface area contributed by atoms with Crippen molar-refractivity contribution in [3.8, 4) is 5.75 Å². The second-order valence-electron chi connectivity index (χ2n) is 2.26. The van der Waals surface area contributed by atoms with Crippen LogP contribution in [0.4, 0.5) is 4.39 Å². The summed E-state index contributed by atoms with van der Waals surface area (Å²) in [6.45, 7) is 0. The van der Waals surface area contributed by atoms with Gasteiger partial charge in [-0.05, 0) is 12.1 Å². The third-order valence-corrected chi connectivity index (χ3v) is 1.52. The second kappa shape index (κ2) is 1.99. The summed E-state index contributed by atoms with van der Waals surface area (Å²) in [6, 6.07) is 4.15. The fourth-order valence-corrected chi connectivity index (χ4v) is 0.973. The van der Waals surface area contributed by atoms with Crippen molar-refractivity contribution in [2.75, 3.05) is 0 Å². The zero-order valence-corrected chi connectivity index (χ0v) is 5.54. The maximum atomic E-state index is 12.6. The second-order valence-corrected chi connectivity index (χ2v) is 2.26. The van der Waals surface area contributed by atoms with Crippen LogP contribution in [0.1, 0.15) is 0 Å². The molecular weight excluding hydrogens is 147 g/mol. The standard InChI is InChI=1S/C8H5FO2/c9-6-4-8-5(1-2-11-8)3-7(6)10/h1-4,10H. The molecule has 1 N–H and O–H groups in total. The molecule has 0 radical (unpaired) electrons. The zero-order valence-electron chi connectivity index (χ0n) is 5.54. The lowest BCUT2D eigenvalue weighted by Crippen LogP contribution is -1.73. The lowest BCUT2D eigenvalue weighted by atomic mass is 10.2. The maximum absolute atomic E-state index is 12.6. The first-order chi connectivity index (χ1) is 5.27. The van der Waals surface area contributed by atoms with Crippen LogP contribution in [-0.2, 0) is 0 Å². The van der Waals surface area contributed by atoms with Gasteiger partial charge in [0.25, 0.3) is 0 Å². The molecule has 0 saturated carbocycles. The topological polar surface area (TPSA) is 33.4 Å². The number of hydrogen-bond donors (Lipinski definition) is 1. The van der Waals surface area contributed by atoms with Crippen LogP contribution in [-0.4, -0.2) is 5.11 Å². The molecular formula is C8H5FO2. The summed E-state index contributed by atoms with van der Waals surface area (Å²) in [5, 5.41) is 9.62. The van der Waals surface area contributed by atoms with Gasteiger partial charge in [0, 0.05) is 11.5 Å². The summed E-state index contributed by atoms with van der Waals surface area (Å²) >= 11 is 0. The Hall–Kier alpha value is -1.51. The normalized spacial score (nSPS) is 10.6. The van der Waals surface area contributed by atoms with Gasteiger partial charge >= 0.3 is 0 Å². The number of halogens is 1. The summed E-state index contributed by atoms with van der Waals surface area (Å²) in [6.07, 6.45) is 1.45. The Morgan fingerprint density at radius 3 is 3.00 bits per heavy atom. The molecule has 0 aliphatic heterocycles. The summed E-state index contributed by atoms with van der Waals surface area (Å²) in [5.41, 5.74) is 0.445. The summed E-state index contributed by atoms with van der Waals surface area (Å²) in [5.74, 6) is -1.01. The Morgan fingerprint density at radius 1 is 1.36 bits per heavy atom. The molecule has 2 aromatic rings. The van der Waals surface area contributed by atoms with E-state index in [1.807, 2.05) is 0 Å². The predicted octanol–water partition coefficient (Wildman–Crippen LogP) is 2.28. The molecule has 1 aromatic carbocycles. The number of phenolic OH excluding ortho intramolecular Hbond substituents is 1. The van der Waals surface area contributed by atoms with Gasteiger partial charge < -0.3 is 9.52 Å². The minimum atomic E-state index is -0.660. The number of phenols is 1. The van der Waals surface area contributed by atoms with Gasteiger partial charge in [-0.1, -0.05) is 0 Å². The lowest BCUT2D eigenvalue weighted by molar-refractivity contribution is 0.433. The molecule has 0 aliphatic rings. The van der Waals surface area contributed by atoms with Gasteiger partial charge in [-0.2, -0.15) is 0 Å². The molecule has 0 fully saturated rings. The van der Waals surface area contributed by atoms with E-state index < -0.39 is 5.82 Å². The minimum absolute atomic E-state index is 0.348. The van der Waals surface area contributed by atoms with Gasteiger partial charge in [-0.3, -0.25) is 0 Å². The van der Waals surface area contributed by atoms with Crippen LogP contribution in [0.25, 0.3) is 11.0 Å². The Bertz CT molecular complexity index is 356. The number of hydrogen-bond acceptors (Lipinski definition) is 2. The average Bonchev–Trinajstić information content (AvgIpc) is 2.36. The summed E-state index contributed by atoms with van der Waals surface area (Å²) in [4.78, 5) is 0. The minimum Gasteiger partial charge on any atom is -0.505 e. The zero-order chi connectivity index (χ0) is 7.84. The molecule has 0 aliphatic carbocycles. The number of benzene rings is 1. The molecule has 3 heteroatoms. The van der Waals surface area contributed by atoms with E-state index in [-0.39, 0.29) is 5.75 Å². The van der Waals surface area contributed by atoms with Crippen LogP contribution >= 0.6 is 0 Å². The van der Waals surface area contributed by atoms with E-state index in [9.17, 15) is 4.39 Å². The lowest BCUT2D eigenvalue weighted by Gasteiger charge is -1.92. The molecule has 0 atom stereocenters. The van der Waals surface area contributed by atoms with Gasteiger partial charge in [0.05, 0.1) is 6.26 Å². The molecule has 0 bridgehead atoms. The highest BCUT2D eigenvalue weighted by atomic mass is 19.1. The fraction of sp³-hybridized carbons (Fsp3) is 0. The monoisotopic (exact) mass is 152 g/mol. The smallest absolute Gasteiger partial charge is 0.168 e. The van der Waals surface area contributed by atoms with Crippen molar-refractivity contribution in [1.82, 2.24) is 0 Å². The van der Waals surface area contributed by atoms with Crippen LogP contribution in [0.15, 0.2) is 28.9 Å². The molecule has 0 saturated heterocycles. The summed E-state index contributed by atoms with van der Waals surface area (Å²) < 4.78 is 17.5. The number of fused-ring (bicyclic) bond motifs is 1. The van der Waals surface area contributed by atoms with Crippen LogP contribution < -0.4 is 0 Å². The highest BCUT2D eigenvalue weighted by Crippen LogP contribution is 2.23. The van der Waals surface area contributed by atoms with Gasteiger partial charge in [0.15, 0.2) is 11.6 Å². The van der Waals surface area contributed by atoms with E-state index in [2.05, 4.69) is 0 Å². The highest BCUT2D eigenvalue weighted by Gasteiger charge is 2.03. The van der Waals surface area contributed by atoms with Gasteiger partial charge in [-0.15, -0.1) is 0 Å². The quantitative estimate of drug-likeness (QED) is 0.628. The fourth-order valence-electron chi connectivity index (χ4n) is 0.973. The van der Waals surface area contributed by atoms with E-state index in [1.54, 1.807) is 6.07 Å². The molecule has 1 heterocycles. The van der Waals surface area contributed by atoms with Crippen LogP contribution in [0.3, 0.4) is 0 Å². The molecule has 11 heavy (non-hydrogen) atoms. The number of aromatic hydroxyl groups is 1. The number of furan rings is 1. The van der Waals surface area contributed by atoms with Crippen molar-refractivity contribution in [3.05, 3.63) is 30.3 Å². The Morgan fingerprint density at radius 2 is 2.18 bits per heavy atom. The summed E-state index contributed by atoms with van der Waals surface area (Å²) in [7, 11) is 0. The Kier molecular flexibility index (Phi) is 1.12. The first-order valence-corrected chi connectivity index (χ1v) is 3.13. The van der Waals surface area contributed by atoms with Crippen LogP contribution in [0.5, 0.6) is 5.75 Å². The average molecular weight is 152 g/mol. The SMILES string of the molecule is Oc1cc2ccoc2cc1F. The molecule has 0 unspecified atom stereocenters. The molecule has 0 amide bonds. The van der Waals surface area contributed by atoms with E-state index in [0.717, 1.165) is 6.07 Å². The van der Waals surface area contributed by atoms with E-state index in [4.69, 9.17) is 9.52 Å². The van der Waals surface area contributed by atoms with Crippen molar-refractivity contribution in [2.45, 2.75) is 0 Å². The Balaban J connectivity index is 2.86. The molecule has 1 aromatic heterocycles. The Labute approximate surface area is 61.9 Å². The predicted molar refractivity (Wildman–Crippen MR) is 37.8 cm³/mol. The number of rotatable bonds is 0. The maximum Gasteiger partial charge on any atom is 0.168 e. The van der Waals surface area contributed by atoms with Crippen molar-refractivity contribution in [2.24, 2.45) is 0 Å². The van der Waals surface area contributed by atoms with Gasteiger partial charge in [0.1, 0.15) is 5.58 Å². The molecule has 2 rings (SSSR count). The first kappa shape index (κ1) is 6.22. The van der Waals surface area contributed by atoms with Gasteiger partial charge in [-0.25, -0.2) is 4.39 Å². The first-order valence-electron chi connectivity index (χ1n) is 3.13. The van der Waals surface area contributed by atoms with E-state index >= 15 is 0 Å². The van der Waals surface area contributed by atoms with Crippen molar-refractivity contribution in [1.29, 1.82) is 0 Å². The van der Waals surface area contributed by atoms with Crippen LogP contribution in [0.2, 0.25) is 0 Å². The molecule has 0 spiro atoms. The highest BCUT2D eigenvalue weighted by molar-refractivity contribution is 5.78. The largest absolute Gasteiger partial charge is 0.505 e. The van der Waals surface area contributed by atoms with Crippen LogP contribution in [0, 0.1) is 5.82 Å². The molecule has 56 valence electrons. The van der Waals surface area contributed by atoms with Crippen molar-refractivity contribution < 1.29 is 13.9 Å². The van der Waals surface area contributed by atoms with Crippen molar-refractivity contribution >= 4 is 11.0 Å². The van der Waals surface area contributed by atoms with E-state index in [0.29, 0.717) is 11.0 Å². The molecule has 2 nitrogen and oxygen atoms in total. The van der Waals surface area contributed by atoms with Gasteiger partial charge in [0.2, 0.25) is 0 Å². The third-order valence-electron chi connectivity index (χ3n) is 1.52. The van der Waals surface area contributed by atoms with E-state index in [1.165, 1.54) is 12.3 Å². The van der Waals surface area contributed by atoms with Crippen molar-refractivity contribution in [3.63, 3.8) is 0 Å². The third kappa shape index (κ3) is 0.852.